The fourth-order valence-electron chi connectivity index (χ4n) is 5.41. The molecule has 2 aromatic rings. The number of rotatable bonds is 7. The minimum Gasteiger partial charge on any atom is -0.368 e. The third kappa shape index (κ3) is 5.94. The van der Waals surface area contributed by atoms with E-state index in [0.717, 1.165) is 12.8 Å². The Kier molecular flexibility index (Phi) is 7.24. The third-order valence-corrected chi connectivity index (χ3v) is 7.83. The van der Waals surface area contributed by atoms with Gasteiger partial charge in [-0.1, -0.05) is 31.5 Å². The zero-order valence-electron chi connectivity index (χ0n) is 19.0. The first-order chi connectivity index (χ1) is 16.2. The highest BCUT2D eigenvalue weighted by Crippen LogP contribution is 2.48. The number of nitrogens with two attached hydrogens (primary N) is 1. The summed E-state index contributed by atoms with van der Waals surface area (Å²) in [6.07, 6.45) is 7.12. The second-order valence-corrected chi connectivity index (χ2v) is 10.8. The van der Waals surface area contributed by atoms with Crippen LogP contribution in [-0.4, -0.2) is 28.1 Å². The molecule has 0 spiro atoms. The Hall–Kier alpha value is -2.51. The van der Waals surface area contributed by atoms with Crippen LogP contribution in [0.4, 0.5) is 24.9 Å². The van der Waals surface area contributed by atoms with Gasteiger partial charge in [0, 0.05) is 24.0 Å². The van der Waals surface area contributed by atoms with E-state index in [1.54, 1.807) is 18.2 Å². The number of benzene rings is 1. The lowest BCUT2D eigenvalue weighted by atomic mass is 9.59. The SMILES string of the molecule is CC1(CNc2nc(NCc3ccccc3SC(F)(F)F)ncc2C#N)C[C@H]2CCC[C@@H](C1)C2N. The number of nitrogens with zero attached hydrogens (tertiary/aromatic N) is 3. The van der Waals surface area contributed by atoms with Gasteiger partial charge in [0.25, 0.3) is 0 Å². The zero-order chi connectivity index (χ0) is 24.3. The van der Waals surface area contributed by atoms with Gasteiger partial charge in [0.2, 0.25) is 5.95 Å². The summed E-state index contributed by atoms with van der Waals surface area (Å²) >= 11 is -0.143. The number of hydrogen-bond acceptors (Lipinski definition) is 7. The molecule has 0 amide bonds. The number of anilines is 2. The summed E-state index contributed by atoms with van der Waals surface area (Å²) in [7, 11) is 0. The van der Waals surface area contributed by atoms with Gasteiger partial charge in [-0.25, -0.2) is 4.98 Å². The van der Waals surface area contributed by atoms with Crippen molar-refractivity contribution >= 4 is 23.5 Å². The summed E-state index contributed by atoms with van der Waals surface area (Å²) in [5.74, 6) is 1.75. The minimum atomic E-state index is -4.37. The van der Waals surface area contributed by atoms with Crippen molar-refractivity contribution in [2.75, 3.05) is 17.2 Å². The van der Waals surface area contributed by atoms with E-state index in [1.165, 1.54) is 31.5 Å². The molecule has 1 aromatic carbocycles. The van der Waals surface area contributed by atoms with Crippen molar-refractivity contribution in [3.05, 3.63) is 41.6 Å². The molecule has 2 bridgehead atoms. The van der Waals surface area contributed by atoms with E-state index < -0.39 is 5.51 Å². The largest absolute Gasteiger partial charge is 0.446 e. The fourth-order valence-corrected chi connectivity index (χ4v) is 6.08. The summed E-state index contributed by atoms with van der Waals surface area (Å²) in [6, 6.07) is 8.73. The molecule has 1 heterocycles. The van der Waals surface area contributed by atoms with Crippen molar-refractivity contribution in [3.63, 3.8) is 0 Å². The molecular formula is C24H29F3N6S. The summed E-state index contributed by atoms with van der Waals surface area (Å²) in [5, 5.41) is 15.9. The Morgan fingerprint density at radius 2 is 1.91 bits per heavy atom. The molecular weight excluding hydrogens is 461 g/mol. The van der Waals surface area contributed by atoms with Gasteiger partial charge in [0.15, 0.2) is 0 Å². The van der Waals surface area contributed by atoms with Crippen LogP contribution in [0.15, 0.2) is 35.4 Å². The van der Waals surface area contributed by atoms with Crippen molar-refractivity contribution in [3.8, 4) is 6.07 Å². The lowest BCUT2D eigenvalue weighted by molar-refractivity contribution is -0.0328. The lowest BCUT2D eigenvalue weighted by Crippen LogP contribution is -2.50. The maximum Gasteiger partial charge on any atom is 0.446 e. The second kappa shape index (κ2) is 10.0. The van der Waals surface area contributed by atoms with Crippen molar-refractivity contribution in [1.29, 1.82) is 5.26 Å². The number of hydrogen-bond donors (Lipinski definition) is 3. The highest BCUT2D eigenvalue weighted by atomic mass is 32.2. The Labute approximate surface area is 201 Å². The molecule has 2 fully saturated rings. The molecule has 2 unspecified atom stereocenters. The second-order valence-electron chi connectivity index (χ2n) is 9.68. The summed E-state index contributed by atoms with van der Waals surface area (Å²) in [6.45, 7) is 3.06. The van der Waals surface area contributed by atoms with E-state index in [2.05, 4.69) is 33.6 Å². The Morgan fingerprint density at radius 3 is 2.59 bits per heavy atom. The Bertz CT molecular complexity index is 1040. The molecule has 0 radical (unpaired) electrons. The number of halogens is 3. The van der Waals surface area contributed by atoms with Crippen molar-refractivity contribution < 1.29 is 13.2 Å². The monoisotopic (exact) mass is 490 g/mol. The van der Waals surface area contributed by atoms with E-state index in [4.69, 9.17) is 5.73 Å². The molecule has 182 valence electrons. The normalized spacial score (nSPS) is 26.5. The van der Waals surface area contributed by atoms with Gasteiger partial charge in [-0.3, -0.25) is 0 Å². The first-order valence-corrected chi connectivity index (χ1v) is 12.3. The molecule has 4 rings (SSSR count). The molecule has 34 heavy (non-hydrogen) atoms. The quantitative estimate of drug-likeness (QED) is 0.439. The number of aromatic nitrogens is 2. The van der Waals surface area contributed by atoms with Crippen LogP contribution in [0.3, 0.4) is 0 Å². The molecule has 2 aliphatic rings. The molecule has 4 N–H and O–H groups in total. The number of nitriles is 1. The van der Waals surface area contributed by atoms with Gasteiger partial charge in [-0.2, -0.15) is 23.4 Å². The molecule has 6 nitrogen and oxygen atoms in total. The van der Waals surface area contributed by atoms with Gasteiger partial charge < -0.3 is 16.4 Å². The highest BCUT2D eigenvalue weighted by Gasteiger charge is 2.43. The minimum absolute atomic E-state index is 0.0602. The molecule has 2 aliphatic carbocycles. The molecule has 10 heteroatoms. The van der Waals surface area contributed by atoms with Crippen molar-refractivity contribution in [2.45, 2.75) is 62.0 Å². The first-order valence-electron chi connectivity index (χ1n) is 11.5. The van der Waals surface area contributed by atoms with Gasteiger partial charge in [0.1, 0.15) is 17.5 Å². The predicted octanol–water partition coefficient (Wildman–Crippen LogP) is 5.53. The standard InChI is InChI=1S/C24H29F3N6S/c1-23(9-15-6-4-7-16(10-23)20(15)29)14-32-21-18(11-28)13-31-22(33-21)30-12-17-5-2-3-8-19(17)34-24(25,26)27/h2-3,5,8,13,15-16,20H,4,6-7,9-10,12,14,29H2,1H3,(H2,30,31,32,33)/t15-,16+,20?,23?. The molecule has 1 aromatic heterocycles. The van der Waals surface area contributed by atoms with E-state index >= 15 is 0 Å². The number of alkyl halides is 3. The molecule has 2 saturated carbocycles. The van der Waals surface area contributed by atoms with Gasteiger partial charge in [-0.15, -0.1) is 0 Å². The van der Waals surface area contributed by atoms with Crippen molar-refractivity contribution in [1.82, 2.24) is 9.97 Å². The van der Waals surface area contributed by atoms with Crippen LogP contribution in [0, 0.1) is 28.6 Å². The lowest BCUT2D eigenvalue weighted by Gasteiger charge is -2.49. The summed E-state index contributed by atoms with van der Waals surface area (Å²) in [5.41, 5.74) is 2.96. The molecule has 4 atom stereocenters. The van der Waals surface area contributed by atoms with Crippen LogP contribution in [0.2, 0.25) is 0 Å². The molecule has 0 aliphatic heterocycles. The van der Waals surface area contributed by atoms with Crippen LogP contribution in [-0.2, 0) is 6.54 Å². The van der Waals surface area contributed by atoms with Crippen molar-refractivity contribution in [2.24, 2.45) is 23.0 Å². The smallest absolute Gasteiger partial charge is 0.368 e. The number of thioether (sulfide) groups is 1. The average Bonchev–Trinajstić information content (AvgIpc) is 2.77. The van der Waals surface area contributed by atoms with Crippen LogP contribution in [0.5, 0.6) is 0 Å². The Balaban J connectivity index is 1.43. The van der Waals surface area contributed by atoms with Crippen LogP contribution < -0.4 is 16.4 Å². The maximum atomic E-state index is 12.9. The van der Waals surface area contributed by atoms with E-state index in [0.29, 0.717) is 35.3 Å². The molecule has 0 saturated heterocycles. The van der Waals surface area contributed by atoms with Crippen LogP contribution in [0.25, 0.3) is 0 Å². The first kappa shape index (κ1) is 24.6. The number of fused-ring (bicyclic) bond motifs is 2. The summed E-state index contributed by atoms with van der Waals surface area (Å²) in [4.78, 5) is 8.75. The Morgan fingerprint density at radius 1 is 1.21 bits per heavy atom. The van der Waals surface area contributed by atoms with Crippen LogP contribution >= 0.6 is 11.8 Å². The highest BCUT2D eigenvalue weighted by molar-refractivity contribution is 8.00. The topological polar surface area (TPSA) is 99.6 Å². The maximum absolute atomic E-state index is 12.9. The predicted molar refractivity (Wildman–Crippen MR) is 127 cm³/mol. The van der Waals surface area contributed by atoms with Crippen LogP contribution in [0.1, 0.15) is 50.2 Å². The zero-order valence-corrected chi connectivity index (χ0v) is 19.8. The van der Waals surface area contributed by atoms with Gasteiger partial charge in [0.05, 0.1) is 6.20 Å². The van der Waals surface area contributed by atoms with E-state index in [9.17, 15) is 18.4 Å². The van der Waals surface area contributed by atoms with Gasteiger partial charge in [-0.05, 0) is 66.3 Å². The fraction of sp³-hybridized carbons (Fsp3) is 0.542. The summed E-state index contributed by atoms with van der Waals surface area (Å²) < 4.78 is 38.6. The van der Waals surface area contributed by atoms with Gasteiger partial charge >= 0.3 is 5.51 Å². The van der Waals surface area contributed by atoms with E-state index in [1.807, 2.05) is 0 Å². The number of nitrogens with one attached hydrogen (secondary N) is 2. The van der Waals surface area contributed by atoms with E-state index in [-0.39, 0.29) is 40.6 Å². The third-order valence-electron chi connectivity index (χ3n) is 6.98. The average molecular weight is 491 g/mol.